The molecule has 0 unspecified atom stereocenters. The first-order valence-corrected chi connectivity index (χ1v) is 6.82. The maximum absolute atomic E-state index is 5.20. The van der Waals surface area contributed by atoms with E-state index >= 15 is 0 Å². The molecule has 4 heteroatoms. The quantitative estimate of drug-likeness (QED) is 0.454. The molecule has 1 aromatic heterocycles. The lowest BCUT2D eigenvalue weighted by molar-refractivity contribution is 0.414. The third-order valence-corrected chi connectivity index (χ3v) is 3.52. The lowest BCUT2D eigenvalue weighted by atomic mass is 10.1. The average Bonchev–Trinajstić information content (AvgIpc) is 2.45. The van der Waals surface area contributed by atoms with Gasteiger partial charge < -0.3 is 4.74 Å². The molecular formula is C14H15N2OS. The van der Waals surface area contributed by atoms with Crippen LogP contribution < -0.4 is 4.74 Å². The molecule has 0 bridgehead atoms. The number of hydrogen-bond donors (Lipinski definition) is 0. The average molecular weight is 259 g/mol. The molecule has 0 saturated heterocycles. The molecule has 0 spiro atoms. The number of ether oxygens (including phenoxy) is 1. The van der Waals surface area contributed by atoms with Crippen molar-refractivity contribution in [1.82, 2.24) is 9.97 Å². The Morgan fingerprint density at radius 1 is 1.33 bits per heavy atom. The molecular weight excluding hydrogens is 244 g/mol. The molecule has 0 amide bonds. The van der Waals surface area contributed by atoms with Gasteiger partial charge in [0, 0.05) is 6.20 Å². The van der Waals surface area contributed by atoms with E-state index < -0.39 is 0 Å². The van der Waals surface area contributed by atoms with Crippen LogP contribution in [0, 0.1) is 6.33 Å². The Labute approximate surface area is 112 Å². The Hall–Kier alpha value is -1.55. The minimum absolute atomic E-state index is 0.922. The van der Waals surface area contributed by atoms with Gasteiger partial charge in [0.15, 0.2) is 6.33 Å². The Kier molecular flexibility index (Phi) is 5.02. The third kappa shape index (κ3) is 4.04. The summed E-state index contributed by atoms with van der Waals surface area (Å²) in [6.45, 7) is 0. The number of hydrogen-bond acceptors (Lipinski definition) is 4. The van der Waals surface area contributed by atoms with Crippen molar-refractivity contribution in [3.05, 3.63) is 48.4 Å². The molecule has 0 fully saturated rings. The molecule has 2 rings (SSSR count). The number of benzene rings is 1. The van der Waals surface area contributed by atoms with Crippen molar-refractivity contribution in [2.75, 3.05) is 12.9 Å². The van der Waals surface area contributed by atoms with Crippen molar-refractivity contribution < 1.29 is 4.74 Å². The Bertz CT molecular complexity index is 476. The van der Waals surface area contributed by atoms with Crippen LogP contribution in [0.15, 0.2) is 41.6 Å². The van der Waals surface area contributed by atoms with E-state index in [0.717, 1.165) is 29.4 Å². The smallest absolute Gasteiger partial charge is 0.198 e. The molecule has 0 saturated carbocycles. The summed E-state index contributed by atoms with van der Waals surface area (Å²) in [4.78, 5) is 7.83. The molecule has 0 aliphatic carbocycles. The number of aromatic nitrogens is 2. The standard InChI is InChI=1S/C14H15N2OS/c1-17-13-6-2-4-12(10-13)5-3-9-18-14-7-8-15-11-16-14/h2,4,6-8,10H,3,5,9H2,1H3. The highest BCUT2D eigenvalue weighted by molar-refractivity contribution is 7.99. The fourth-order valence-electron chi connectivity index (χ4n) is 1.61. The van der Waals surface area contributed by atoms with Crippen LogP contribution in [0.3, 0.4) is 0 Å². The minimum Gasteiger partial charge on any atom is -0.497 e. The summed E-state index contributed by atoms with van der Waals surface area (Å²) in [7, 11) is 1.70. The van der Waals surface area contributed by atoms with Gasteiger partial charge in [-0.2, -0.15) is 0 Å². The van der Waals surface area contributed by atoms with Gasteiger partial charge in [-0.1, -0.05) is 12.1 Å². The maximum atomic E-state index is 5.20. The van der Waals surface area contributed by atoms with Gasteiger partial charge in [-0.25, -0.2) is 9.97 Å². The SMILES string of the molecule is COc1cccc(CCCSc2ccn[c]n2)c1. The first-order valence-electron chi connectivity index (χ1n) is 5.83. The van der Waals surface area contributed by atoms with E-state index in [9.17, 15) is 0 Å². The zero-order valence-corrected chi connectivity index (χ0v) is 11.1. The second-order valence-electron chi connectivity index (χ2n) is 3.80. The fraction of sp³-hybridized carbons (Fsp3) is 0.286. The van der Waals surface area contributed by atoms with Crippen LogP contribution in [0.2, 0.25) is 0 Å². The Balaban J connectivity index is 1.75. The highest BCUT2D eigenvalue weighted by Crippen LogP contribution is 2.18. The van der Waals surface area contributed by atoms with Crippen LogP contribution in [-0.2, 0) is 6.42 Å². The Morgan fingerprint density at radius 2 is 2.28 bits per heavy atom. The minimum atomic E-state index is 0.922. The molecule has 1 heterocycles. The normalized spacial score (nSPS) is 10.3. The van der Waals surface area contributed by atoms with Crippen molar-refractivity contribution in [3.63, 3.8) is 0 Å². The largest absolute Gasteiger partial charge is 0.497 e. The van der Waals surface area contributed by atoms with Crippen LogP contribution in [0.25, 0.3) is 0 Å². The van der Waals surface area contributed by atoms with E-state index in [1.807, 2.05) is 18.2 Å². The molecule has 93 valence electrons. The van der Waals surface area contributed by atoms with Gasteiger partial charge in [-0.3, -0.25) is 0 Å². The van der Waals surface area contributed by atoms with E-state index in [1.54, 1.807) is 25.1 Å². The lowest BCUT2D eigenvalue weighted by Gasteiger charge is -2.04. The number of rotatable bonds is 6. The predicted octanol–water partition coefficient (Wildman–Crippen LogP) is 3.01. The zero-order chi connectivity index (χ0) is 12.6. The molecule has 18 heavy (non-hydrogen) atoms. The number of methoxy groups -OCH3 is 1. The van der Waals surface area contributed by atoms with Gasteiger partial charge in [-0.05, 0) is 42.4 Å². The van der Waals surface area contributed by atoms with Crippen molar-refractivity contribution in [2.24, 2.45) is 0 Å². The monoisotopic (exact) mass is 259 g/mol. The third-order valence-electron chi connectivity index (χ3n) is 2.50. The summed E-state index contributed by atoms with van der Waals surface area (Å²) in [5.41, 5.74) is 1.31. The predicted molar refractivity (Wildman–Crippen MR) is 72.9 cm³/mol. The molecule has 0 N–H and O–H groups in total. The van der Waals surface area contributed by atoms with Gasteiger partial charge in [0.2, 0.25) is 0 Å². The van der Waals surface area contributed by atoms with E-state index in [-0.39, 0.29) is 0 Å². The van der Waals surface area contributed by atoms with Crippen LogP contribution in [0.1, 0.15) is 12.0 Å². The lowest BCUT2D eigenvalue weighted by Crippen LogP contribution is -1.90. The summed E-state index contributed by atoms with van der Waals surface area (Å²) in [6.07, 6.45) is 6.48. The molecule has 3 nitrogen and oxygen atoms in total. The second-order valence-corrected chi connectivity index (χ2v) is 4.91. The van der Waals surface area contributed by atoms with Gasteiger partial charge in [0.1, 0.15) is 10.8 Å². The number of thioether (sulfide) groups is 1. The maximum Gasteiger partial charge on any atom is 0.198 e. The van der Waals surface area contributed by atoms with E-state index in [0.29, 0.717) is 0 Å². The highest BCUT2D eigenvalue weighted by Gasteiger charge is 1.98. The van der Waals surface area contributed by atoms with Crippen molar-refractivity contribution in [1.29, 1.82) is 0 Å². The molecule has 1 radical (unpaired) electrons. The Morgan fingerprint density at radius 3 is 3.06 bits per heavy atom. The number of nitrogens with zero attached hydrogens (tertiary/aromatic N) is 2. The summed E-state index contributed by atoms with van der Waals surface area (Å²) in [6, 6.07) is 10.1. The molecule has 0 atom stereocenters. The van der Waals surface area contributed by atoms with Crippen LogP contribution >= 0.6 is 11.8 Å². The van der Waals surface area contributed by atoms with Crippen LogP contribution in [0.4, 0.5) is 0 Å². The van der Waals surface area contributed by atoms with Gasteiger partial charge in [-0.15, -0.1) is 11.8 Å². The molecule has 0 aliphatic rings. The first kappa shape index (κ1) is 12.9. The second kappa shape index (κ2) is 7.01. The highest BCUT2D eigenvalue weighted by atomic mass is 32.2. The number of aryl methyl sites for hydroxylation is 1. The summed E-state index contributed by atoms with van der Waals surface area (Å²) in [5.74, 6) is 1.97. The van der Waals surface area contributed by atoms with Crippen molar-refractivity contribution in [3.8, 4) is 5.75 Å². The summed E-state index contributed by atoms with van der Waals surface area (Å²) >= 11 is 1.74. The zero-order valence-electron chi connectivity index (χ0n) is 10.3. The molecule has 1 aromatic carbocycles. The van der Waals surface area contributed by atoms with E-state index in [4.69, 9.17) is 4.74 Å². The summed E-state index contributed by atoms with van der Waals surface area (Å²) in [5, 5.41) is 0.982. The van der Waals surface area contributed by atoms with Gasteiger partial charge >= 0.3 is 0 Å². The summed E-state index contributed by atoms with van der Waals surface area (Å²) < 4.78 is 5.20. The van der Waals surface area contributed by atoms with Gasteiger partial charge in [0.25, 0.3) is 0 Å². The van der Waals surface area contributed by atoms with E-state index in [2.05, 4.69) is 28.4 Å². The van der Waals surface area contributed by atoms with Crippen LogP contribution in [0.5, 0.6) is 5.75 Å². The molecule has 2 aromatic rings. The van der Waals surface area contributed by atoms with Crippen LogP contribution in [-0.4, -0.2) is 22.8 Å². The molecule has 0 aliphatic heterocycles. The van der Waals surface area contributed by atoms with Gasteiger partial charge in [0.05, 0.1) is 7.11 Å². The van der Waals surface area contributed by atoms with Crippen molar-refractivity contribution >= 4 is 11.8 Å². The van der Waals surface area contributed by atoms with Crippen molar-refractivity contribution in [2.45, 2.75) is 17.9 Å². The van der Waals surface area contributed by atoms with E-state index in [1.165, 1.54) is 5.56 Å². The first-order chi connectivity index (χ1) is 8.88. The fourth-order valence-corrected chi connectivity index (χ4v) is 2.37. The topological polar surface area (TPSA) is 35.0 Å².